The highest BCUT2D eigenvalue weighted by Crippen LogP contribution is 2.53. The van der Waals surface area contributed by atoms with Gasteiger partial charge in [-0.05, 0) is 81.0 Å². The lowest BCUT2D eigenvalue weighted by atomic mass is 9.58. The van der Waals surface area contributed by atoms with Gasteiger partial charge in [-0.15, -0.1) is 0 Å². The van der Waals surface area contributed by atoms with E-state index in [9.17, 15) is 17.6 Å². The van der Waals surface area contributed by atoms with Gasteiger partial charge in [0.15, 0.2) is 9.84 Å². The normalized spacial score (nSPS) is 28.4. The summed E-state index contributed by atoms with van der Waals surface area (Å²) in [7, 11) is -3.44. The van der Waals surface area contributed by atoms with Crippen LogP contribution in [0.25, 0.3) is 0 Å². The van der Waals surface area contributed by atoms with Crippen LogP contribution in [0.4, 0.5) is 4.39 Å². The minimum Gasteiger partial charge on any atom is -0.489 e. The molecule has 4 aliphatic rings. The first-order valence-corrected chi connectivity index (χ1v) is 12.7. The molecule has 4 saturated carbocycles. The second-order valence-corrected chi connectivity index (χ2v) is 11.5. The third kappa shape index (κ3) is 4.95. The average Bonchev–Trinajstić information content (AvgIpc) is 3.61. The van der Waals surface area contributed by atoms with E-state index in [-0.39, 0.29) is 46.6 Å². The summed E-state index contributed by atoms with van der Waals surface area (Å²) in [6.45, 7) is 0.0951. The van der Waals surface area contributed by atoms with E-state index in [1.54, 1.807) is 24.3 Å². The van der Waals surface area contributed by atoms with Gasteiger partial charge in [0.1, 0.15) is 12.4 Å². The van der Waals surface area contributed by atoms with Crippen molar-refractivity contribution in [2.75, 3.05) is 18.9 Å². The highest BCUT2D eigenvalue weighted by molar-refractivity contribution is 7.91. The van der Waals surface area contributed by atoms with Crippen LogP contribution in [-0.2, 0) is 14.6 Å². The van der Waals surface area contributed by atoms with Gasteiger partial charge >= 0.3 is 0 Å². The van der Waals surface area contributed by atoms with Crippen LogP contribution in [0.2, 0.25) is 0 Å². The Morgan fingerprint density at radius 1 is 1.13 bits per heavy atom. The highest BCUT2D eigenvalue weighted by Gasteiger charge is 2.51. The molecule has 6 nitrogen and oxygen atoms in total. The maximum Gasteiger partial charge on any atom is 0.223 e. The predicted octanol–water partition coefficient (Wildman–Crippen LogP) is 3.27. The van der Waals surface area contributed by atoms with E-state index in [2.05, 4.69) is 5.32 Å². The number of rotatable bonds is 9. The summed E-state index contributed by atoms with van der Waals surface area (Å²) in [5, 5.41) is 3.29. The summed E-state index contributed by atoms with van der Waals surface area (Å²) < 4.78 is 44.3. The maximum absolute atomic E-state index is 13.1. The number of amides is 1. The molecule has 1 amide bonds. The Morgan fingerprint density at radius 3 is 2.26 bits per heavy atom. The monoisotopic (exact) mass is 450 g/mol. The number of benzene rings is 1. The molecular weight excluding hydrogens is 419 g/mol. The summed E-state index contributed by atoms with van der Waals surface area (Å²) >= 11 is 0. The van der Waals surface area contributed by atoms with Crippen LogP contribution in [0.1, 0.15) is 51.4 Å². The molecule has 0 saturated heterocycles. The first-order chi connectivity index (χ1) is 14.8. The van der Waals surface area contributed by atoms with Gasteiger partial charge in [-0.25, -0.2) is 12.8 Å². The minimum atomic E-state index is -3.44. The van der Waals surface area contributed by atoms with Gasteiger partial charge < -0.3 is 15.8 Å². The number of fused-ring (bicyclic) bond motifs is 3. The maximum atomic E-state index is 13.1. The molecule has 0 spiro atoms. The molecule has 4 aliphatic carbocycles. The molecule has 0 aromatic heterocycles. The zero-order valence-electron chi connectivity index (χ0n) is 17.7. The first kappa shape index (κ1) is 22.3. The average molecular weight is 451 g/mol. The molecule has 0 radical (unpaired) electrons. The molecule has 4 fully saturated rings. The summed E-state index contributed by atoms with van der Waals surface area (Å²) in [4.78, 5) is 12.5. The van der Waals surface area contributed by atoms with Gasteiger partial charge in [-0.1, -0.05) is 0 Å². The van der Waals surface area contributed by atoms with Gasteiger partial charge in [0.2, 0.25) is 5.91 Å². The van der Waals surface area contributed by atoms with Crippen LogP contribution >= 0.6 is 0 Å². The lowest BCUT2D eigenvalue weighted by Gasteiger charge is -2.53. The molecule has 31 heavy (non-hydrogen) atoms. The number of carbonyl (C=O) groups excluding carboxylic acids is 1. The van der Waals surface area contributed by atoms with Crippen molar-refractivity contribution in [1.82, 2.24) is 5.32 Å². The Labute approximate surface area is 183 Å². The van der Waals surface area contributed by atoms with E-state index < -0.39 is 9.84 Å². The number of nitrogens with one attached hydrogen (secondary N) is 1. The molecule has 170 valence electrons. The summed E-state index contributed by atoms with van der Waals surface area (Å²) in [5.74, 6) is 0.987. The fraction of sp³-hybridized carbons (Fsp3) is 0.609. The zero-order chi connectivity index (χ0) is 22.1. The SMILES string of the molecule is NC/C(=C/F)COc1ccc(S(=O)(=O)CC23CCC(NC(=O)C4CC4)(CC2)CC3)cc1. The van der Waals surface area contributed by atoms with Gasteiger partial charge in [0.05, 0.1) is 17.0 Å². The largest absolute Gasteiger partial charge is 0.489 e. The topological polar surface area (TPSA) is 98.5 Å². The van der Waals surface area contributed by atoms with Crippen molar-refractivity contribution in [3.8, 4) is 5.75 Å². The van der Waals surface area contributed by atoms with E-state index in [1.807, 2.05) is 0 Å². The summed E-state index contributed by atoms with van der Waals surface area (Å²) in [6, 6.07) is 6.29. The fourth-order valence-electron chi connectivity index (χ4n) is 4.92. The van der Waals surface area contributed by atoms with Crippen molar-refractivity contribution in [3.05, 3.63) is 36.2 Å². The second kappa shape index (κ2) is 8.54. The molecule has 1 aromatic carbocycles. The Hall–Kier alpha value is -1.93. The Morgan fingerprint density at radius 2 is 1.74 bits per heavy atom. The van der Waals surface area contributed by atoms with Crippen molar-refractivity contribution in [2.45, 2.75) is 61.8 Å². The van der Waals surface area contributed by atoms with Crippen LogP contribution in [0.15, 0.2) is 41.1 Å². The summed E-state index contributed by atoms with van der Waals surface area (Å²) in [6.07, 6.45) is 7.49. The molecule has 0 heterocycles. The third-order valence-corrected chi connectivity index (χ3v) is 9.24. The molecule has 3 N–H and O–H groups in total. The number of nitrogens with two attached hydrogens (primary N) is 1. The van der Waals surface area contributed by atoms with E-state index in [0.717, 1.165) is 51.4 Å². The van der Waals surface area contributed by atoms with Gasteiger partial charge in [-0.3, -0.25) is 4.79 Å². The van der Waals surface area contributed by atoms with Crippen molar-refractivity contribution in [1.29, 1.82) is 0 Å². The van der Waals surface area contributed by atoms with E-state index in [0.29, 0.717) is 17.7 Å². The van der Waals surface area contributed by atoms with Crippen molar-refractivity contribution >= 4 is 15.7 Å². The summed E-state index contributed by atoms with van der Waals surface area (Å²) in [5.41, 5.74) is 5.40. The number of ether oxygens (including phenoxy) is 1. The van der Waals surface area contributed by atoms with Gasteiger partial charge in [0.25, 0.3) is 0 Å². The Bertz CT molecular complexity index is 930. The van der Waals surface area contributed by atoms with E-state index >= 15 is 0 Å². The quantitative estimate of drug-likeness (QED) is 0.602. The van der Waals surface area contributed by atoms with Crippen molar-refractivity contribution in [2.24, 2.45) is 17.1 Å². The zero-order valence-corrected chi connectivity index (χ0v) is 18.6. The minimum absolute atomic E-state index is 0.0290. The first-order valence-electron chi connectivity index (χ1n) is 11.0. The number of sulfone groups is 1. The lowest BCUT2D eigenvalue weighted by molar-refractivity contribution is -0.126. The van der Waals surface area contributed by atoms with E-state index in [1.165, 1.54) is 0 Å². The van der Waals surface area contributed by atoms with Crippen LogP contribution < -0.4 is 15.8 Å². The second-order valence-electron chi connectivity index (χ2n) is 9.53. The van der Waals surface area contributed by atoms with Crippen molar-refractivity contribution < 1.29 is 22.3 Å². The Kier molecular flexibility index (Phi) is 6.14. The third-order valence-electron chi connectivity index (χ3n) is 7.26. The van der Waals surface area contributed by atoms with Gasteiger partial charge in [0, 0.05) is 23.6 Å². The number of hydrogen-bond donors (Lipinski definition) is 2. The predicted molar refractivity (Wildman–Crippen MR) is 116 cm³/mol. The Balaban J connectivity index is 1.36. The fourth-order valence-corrected chi connectivity index (χ4v) is 6.87. The van der Waals surface area contributed by atoms with Crippen LogP contribution in [0, 0.1) is 11.3 Å². The number of hydrogen-bond acceptors (Lipinski definition) is 5. The molecule has 0 atom stereocenters. The molecule has 0 aliphatic heterocycles. The molecule has 8 heteroatoms. The van der Waals surface area contributed by atoms with Crippen LogP contribution in [0.3, 0.4) is 0 Å². The van der Waals surface area contributed by atoms with Gasteiger partial charge in [-0.2, -0.15) is 0 Å². The molecule has 2 bridgehead atoms. The van der Waals surface area contributed by atoms with Crippen LogP contribution in [-0.4, -0.2) is 38.8 Å². The number of halogens is 1. The van der Waals surface area contributed by atoms with E-state index in [4.69, 9.17) is 10.5 Å². The smallest absolute Gasteiger partial charge is 0.223 e. The molecule has 5 rings (SSSR count). The molecule has 1 aromatic rings. The number of carbonyl (C=O) groups is 1. The van der Waals surface area contributed by atoms with Crippen molar-refractivity contribution in [3.63, 3.8) is 0 Å². The highest BCUT2D eigenvalue weighted by atomic mass is 32.2. The van der Waals surface area contributed by atoms with Crippen LogP contribution in [0.5, 0.6) is 5.75 Å². The lowest BCUT2D eigenvalue weighted by Crippen LogP contribution is -2.58. The standard InChI is InChI=1S/C23H31FN2O4S/c24-13-17(14-25)15-30-19-3-5-20(6-4-19)31(28,29)16-22-7-10-23(11-8-22,12-9-22)26-21(27)18-1-2-18/h3-6,13,18H,1-2,7-12,14-16,25H2,(H,26,27)/b17-13-. The molecular formula is C23H31FN2O4S. The molecule has 0 unspecified atom stereocenters.